The van der Waals surface area contributed by atoms with Crippen LogP contribution in [0, 0.1) is 0 Å². The van der Waals surface area contributed by atoms with E-state index in [4.69, 9.17) is 4.74 Å². The molecule has 3 aromatic heterocycles. The Morgan fingerprint density at radius 1 is 1.18 bits per heavy atom. The average molecular weight is 374 g/mol. The van der Waals surface area contributed by atoms with Gasteiger partial charge in [0.15, 0.2) is 0 Å². The van der Waals surface area contributed by atoms with Crippen molar-refractivity contribution < 1.29 is 4.74 Å². The Morgan fingerprint density at radius 2 is 2.00 bits per heavy atom. The van der Waals surface area contributed by atoms with Crippen LogP contribution in [0.1, 0.15) is 17.2 Å². The summed E-state index contributed by atoms with van der Waals surface area (Å²) in [5, 5.41) is 5.45. The highest BCUT2D eigenvalue weighted by Gasteiger charge is 2.21. The molecule has 142 valence electrons. The van der Waals surface area contributed by atoms with Crippen molar-refractivity contribution in [2.45, 2.75) is 18.9 Å². The number of pyridine rings is 1. The first kappa shape index (κ1) is 17.0. The van der Waals surface area contributed by atoms with E-state index in [1.165, 1.54) is 11.1 Å². The molecule has 0 saturated carbocycles. The number of hydrogen-bond donors (Lipinski definition) is 1. The number of ether oxygens (including phenoxy) is 1. The normalized spacial score (nSPS) is 14.5. The molecule has 0 spiro atoms. The van der Waals surface area contributed by atoms with Crippen molar-refractivity contribution >= 4 is 10.9 Å². The maximum Gasteiger partial charge on any atom is 0.274 e. The zero-order valence-electron chi connectivity index (χ0n) is 15.8. The van der Waals surface area contributed by atoms with E-state index in [2.05, 4.69) is 40.4 Å². The second kappa shape index (κ2) is 6.80. The molecule has 4 aromatic rings. The minimum atomic E-state index is -0.00973. The van der Waals surface area contributed by atoms with Crippen LogP contribution in [0.5, 0.6) is 0 Å². The SMILES string of the molecule is Cn1cc(CCc2ccccc2)c2cc(-c3cnn(C4COC4)c3)[nH]c2c1=O. The molecule has 0 aliphatic carbocycles. The highest BCUT2D eigenvalue weighted by atomic mass is 16.5. The highest BCUT2D eigenvalue weighted by Crippen LogP contribution is 2.27. The van der Waals surface area contributed by atoms with Gasteiger partial charge in [-0.3, -0.25) is 9.48 Å². The van der Waals surface area contributed by atoms with Crippen molar-refractivity contribution in [3.8, 4) is 11.3 Å². The number of H-pyrrole nitrogens is 1. The predicted molar refractivity (Wildman–Crippen MR) is 108 cm³/mol. The van der Waals surface area contributed by atoms with Gasteiger partial charge in [0.1, 0.15) is 5.52 Å². The van der Waals surface area contributed by atoms with Gasteiger partial charge in [-0.25, -0.2) is 0 Å². The Labute approximate surface area is 162 Å². The van der Waals surface area contributed by atoms with E-state index in [0.717, 1.165) is 29.5 Å². The average Bonchev–Trinajstić information content (AvgIpc) is 3.31. The van der Waals surface area contributed by atoms with Gasteiger partial charge in [-0.05, 0) is 30.0 Å². The first-order chi connectivity index (χ1) is 13.7. The first-order valence-electron chi connectivity index (χ1n) is 9.56. The topological polar surface area (TPSA) is 64.8 Å². The molecule has 5 rings (SSSR count). The number of aromatic nitrogens is 4. The number of rotatable bonds is 5. The molecule has 1 fully saturated rings. The van der Waals surface area contributed by atoms with E-state index >= 15 is 0 Å². The first-order valence-corrected chi connectivity index (χ1v) is 9.56. The fraction of sp³-hybridized carbons (Fsp3) is 0.273. The van der Waals surface area contributed by atoms with Crippen molar-refractivity contribution in [2.24, 2.45) is 7.05 Å². The molecule has 0 amide bonds. The molecule has 0 radical (unpaired) electrons. The molecule has 0 unspecified atom stereocenters. The molecule has 1 aromatic carbocycles. The van der Waals surface area contributed by atoms with E-state index in [9.17, 15) is 4.79 Å². The summed E-state index contributed by atoms with van der Waals surface area (Å²) in [5.41, 5.74) is 5.02. The molecule has 6 heteroatoms. The zero-order valence-corrected chi connectivity index (χ0v) is 15.8. The lowest BCUT2D eigenvalue weighted by molar-refractivity contribution is -0.0286. The number of aromatic amines is 1. The van der Waals surface area contributed by atoms with Gasteiger partial charge in [0, 0.05) is 36.1 Å². The molecule has 1 aliphatic rings. The van der Waals surface area contributed by atoms with Crippen LogP contribution in [0.4, 0.5) is 0 Å². The quantitative estimate of drug-likeness (QED) is 0.584. The second-order valence-electron chi connectivity index (χ2n) is 7.43. The van der Waals surface area contributed by atoms with E-state index in [1.807, 2.05) is 36.4 Å². The zero-order chi connectivity index (χ0) is 19.1. The Hall–Kier alpha value is -3.12. The van der Waals surface area contributed by atoms with Gasteiger partial charge in [0.05, 0.1) is 25.5 Å². The van der Waals surface area contributed by atoms with Gasteiger partial charge < -0.3 is 14.3 Å². The summed E-state index contributed by atoms with van der Waals surface area (Å²) in [7, 11) is 1.81. The number of benzene rings is 1. The predicted octanol–water partition coefficient (Wildman–Crippen LogP) is 3.09. The standard InChI is InChI=1S/C22H22N4O2/c1-25-11-16(8-7-15-5-3-2-4-6-15)19-9-20(24-21(19)22(25)27)17-10-23-26(12-17)18-13-28-14-18/h2-6,9-12,18,24H,7-8,13-14H2,1H3. The van der Waals surface area contributed by atoms with Crippen molar-refractivity contribution in [1.29, 1.82) is 0 Å². The third kappa shape index (κ3) is 2.96. The molecule has 1 aliphatic heterocycles. The fourth-order valence-corrected chi connectivity index (χ4v) is 3.75. The van der Waals surface area contributed by atoms with Crippen molar-refractivity contribution in [3.63, 3.8) is 0 Å². The minimum Gasteiger partial charge on any atom is -0.377 e. The summed E-state index contributed by atoms with van der Waals surface area (Å²) in [6, 6.07) is 12.8. The van der Waals surface area contributed by atoms with Crippen LogP contribution >= 0.6 is 0 Å². The summed E-state index contributed by atoms with van der Waals surface area (Å²) in [6.07, 6.45) is 7.64. The summed E-state index contributed by atoms with van der Waals surface area (Å²) in [4.78, 5) is 16.0. The minimum absolute atomic E-state index is 0.00973. The van der Waals surface area contributed by atoms with E-state index in [-0.39, 0.29) is 5.56 Å². The number of fused-ring (bicyclic) bond motifs is 1. The molecule has 0 bridgehead atoms. The monoisotopic (exact) mass is 374 g/mol. The highest BCUT2D eigenvalue weighted by molar-refractivity contribution is 5.87. The summed E-state index contributed by atoms with van der Waals surface area (Å²) in [6.45, 7) is 1.41. The van der Waals surface area contributed by atoms with Crippen molar-refractivity contribution in [1.82, 2.24) is 19.3 Å². The van der Waals surface area contributed by atoms with Crippen LogP contribution in [0.3, 0.4) is 0 Å². The lowest BCUT2D eigenvalue weighted by Crippen LogP contribution is -2.30. The molecule has 0 atom stereocenters. The third-order valence-electron chi connectivity index (χ3n) is 5.48. The number of hydrogen-bond acceptors (Lipinski definition) is 3. The van der Waals surface area contributed by atoms with Gasteiger partial charge in [0.2, 0.25) is 0 Å². The molecular formula is C22H22N4O2. The van der Waals surface area contributed by atoms with Gasteiger partial charge in [-0.15, -0.1) is 0 Å². The maximum atomic E-state index is 12.7. The summed E-state index contributed by atoms with van der Waals surface area (Å²) >= 11 is 0. The van der Waals surface area contributed by atoms with Gasteiger partial charge in [-0.2, -0.15) is 5.10 Å². The van der Waals surface area contributed by atoms with Crippen LogP contribution in [-0.4, -0.2) is 32.5 Å². The maximum absolute atomic E-state index is 12.7. The molecule has 28 heavy (non-hydrogen) atoms. The molecule has 6 nitrogen and oxygen atoms in total. The largest absolute Gasteiger partial charge is 0.377 e. The van der Waals surface area contributed by atoms with Crippen LogP contribution < -0.4 is 5.56 Å². The summed E-state index contributed by atoms with van der Waals surface area (Å²) in [5.74, 6) is 0. The Morgan fingerprint density at radius 3 is 2.75 bits per heavy atom. The fourth-order valence-electron chi connectivity index (χ4n) is 3.75. The number of nitrogens with zero attached hydrogens (tertiary/aromatic N) is 3. The second-order valence-corrected chi connectivity index (χ2v) is 7.43. The molecule has 1 N–H and O–H groups in total. The summed E-state index contributed by atoms with van der Waals surface area (Å²) < 4.78 is 8.86. The molecule has 4 heterocycles. The lowest BCUT2D eigenvalue weighted by Gasteiger charge is -2.25. The Balaban J connectivity index is 1.51. The van der Waals surface area contributed by atoms with Gasteiger partial charge in [0.25, 0.3) is 5.56 Å². The smallest absolute Gasteiger partial charge is 0.274 e. The molecule has 1 saturated heterocycles. The van der Waals surface area contributed by atoms with E-state index in [1.54, 1.807) is 4.57 Å². The van der Waals surface area contributed by atoms with Crippen LogP contribution in [-0.2, 0) is 24.6 Å². The number of aryl methyl sites for hydroxylation is 3. The van der Waals surface area contributed by atoms with Crippen LogP contribution in [0.15, 0.2) is 59.8 Å². The van der Waals surface area contributed by atoms with E-state index < -0.39 is 0 Å². The van der Waals surface area contributed by atoms with Crippen LogP contribution in [0.25, 0.3) is 22.2 Å². The Bertz CT molecular complexity index is 1180. The lowest BCUT2D eigenvalue weighted by atomic mass is 10.0. The third-order valence-corrected chi connectivity index (χ3v) is 5.48. The van der Waals surface area contributed by atoms with Gasteiger partial charge in [-0.1, -0.05) is 30.3 Å². The van der Waals surface area contributed by atoms with Crippen molar-refractivity contribution in [2.75, 3.05) is 13.2 Å². The van der Waals surface area contributed by atoms with E-state index in [0.29, 0.717) is 24.8 Å². The Kier molecular flexibility index (Phi) is 4.13. The molecular weight excluding hydrogens is 352 g/mol. The van der Waals surface area contributed by atoms with Crippen LogP contribution in [0.2, 0.25) is 0 Å². The van der Waals surface area contributed by atoms with Crippen molar-refractivity contribution in [3.05, 3.63) is 76.5 Å². The number of nitrogens with one attached hydrogen (secondary N) is 1. The van der Waals surface area contributed by atoms with Gasteiger partial charge >= 0.3 is 0 Å².